The Balaban J connectivity index is 2.20. The van der Waals surface area contributed by atoms with Crippen LogP contribution in [0.5, 0.6) is 5.75 Å². The SMILES string of the molecule is COc1cccc(CC2CCC(C(O)CO)N2C(=O)OC(C)(C)C)c1. The lowest BCUT2D eigenvalue weighted by molar-refractivity contribution is -0.0151. The number of amides is 1. The molecule has 1 aromatic carbocycles. The summed E-state index contributed by atoms with van der Waals surface area (Å²) in [6, 6.07) is 7.21. The second-order valence-electron chi connectivity index (χ2n) is 7.49. The first kappa shape index (κ1) is 19.5. The third kappa shape index (κ3) is 5.09. The van der Waals surface area contributed by atoms with Gasteiger partial charge in [-0.2, -0.15) is 0 Å². The van der Waals surface area contributed by atoms with Crippen LogP contribution < -0.4 is 4.74 Å². The van der Waals surface area contributed by atoms with Crippen LogP contribution in [0.1, 0.15) is 39.2 Å². The number of carbonyl (C=O) groups is 1. The van der Waals surface area contributed by atoms with Gasteiger partial charge >= 0.3 is 6.09 Å². The Hall–Kier alpha value is -1.79. The van der Waals surface area contributed by atoms with Gasteiger partial charge in [0.2, 0.25) is 0 Å². The molecule has 6 nitrogen and oxygen atoms in total. The molecule has 1 heterocycles. The molecule has 0 aliphatic carbocycles. The summed E-state index contributed by atoms with van der Waals surface area (Å²) in [5.41, 5.74) is 0.437. The van der Waals surface area contributed by atoms with Crippen LogP contribution in [0, 0.1) is 0 Å². The Bertz CT molecular complexity index is 583. The van der Waals surface area contributed by atoms with Gasteiger partial charge in [-0.25, -0.2) is 4.79 Å². The molecule has 3 unspecified atom stereocenters. The van der Waals surface area contributed by atoms with Crippen molar-refractivity contribution < 1.29 is 24.5 Å². The van der Waals surface area contributed by atoms with Crippen molar-refractivity contribution in [2.45, 2.75) is 63.8 Å². The van der Waals surface area contributed by atoms with E-state index >= 15 is 0 Å². The summed E-state index contributed by atoms with van der Waals surface area (Å²) in [4.78, 5) is 14.3. The van der Waals surface area contributed by atoms with E-state index in [-0.39, 0.29) is 12.6 Å². The maximum Gasteiger partial charge on any atom is 0.410 e. The Morgan fingerprint density at radius 1 is 1.36 bits per heavy atom. The molecule has 1 aromatic rings. The zero-order valence-electron chi connectivity index (χ0n) is 15.4. The lowest BCUT2D eigenvalue weighted by Gasteiger charge is -2.34. The monoisotopic (exact) mass is 351 g/mol. The van der Waals surface area contributed by atoms with Crippen LogP contribution in [0.15, 0.2) is 24.3 Å². The first-order valence-corrected chi connectivity index (χ1v) is 8.68. The number of ether oxygens (including phenoxy) is 2. The molecule has 1 aliphatic heterocycles. The quantitative estimate of drug-likeness (QED) is 0.851. The molecule has 0 bridgehead atoms. The van der Waals surface area contributed by atoms with Gasteiger partial charge in [-0.1, -0.05) is 12.1 Å². The van der Waals surface area contributed by atoms with Crippen LogP contribution in [0.4, 0.5) is 4.79 Å². The van der Waals surface area contributed by atoms with E-state index in [1.165, 1.54) is 0 Å². The summed E-state index contributed by atoms with van der Waals surface area (Å²) in [7, 11) is 1.62. The molecule has 3 atom stereocenters. The molecular weight excluding hydrogens is 322 g/mol. The summed E-state index contributed by atoms with van der Waals surface area (Å²) >= 11 is 0. The molecular formula is C19H29NO5. The van der Waals surface area contributed by atoms with E-state index in [4.69, 9.17) is 9.47 Å². The van der Waals surface area contributed by atoms with E-state index in [0.717, 1.165) is 17.7 Å². The van der Waals surface area contributed by atoms with Gasteiger partial charge in [-0.15, -0.1) is 0 Å². The Morgan fingerprint density at radius 2 is 2.08 bits per heavy atom. The first-order chi connectivity index (χ1) is 11.7. The van der Waals surface area contributed by atoms with Gasteiger partial charge in [0.15, 0.2) is 0 Å². The van der Waals surface area contributed by atoms with Gasteiger partial charge in [0.1, 0.15) is 11.4 Å². The minimum atomic E-state index is -0.970. The number of benzene rings is 1. The summed E-state index contributed by atoms with van der Waals surface area (Å²) < 4.78 is 10.8. The molecule has 6 heteroatoms. The van der Waals surface area contributed by atoms with Gasteiger partial charge in [0.25, 0.3) is 0 Å². The van der Waals surface area contributed by atoms with Crippen molar-refractivity contribution in [3.63, 3.8) is 0 Å². The average Bonchev–Trinajstić information content (AvgIpc) is 2.96. The van der Waals surface area contributed by atoms with Crippen molar-refractivity contribution in [1.29, 1.82) is 0 Å². The van der Waals surface area contributed by atoms with Crippen LogP contribution in [-0.4, -0.2) is 58.7 Å². The van der Waals surface area contributed by atoms with Gasteiger partial charge in [0.05, 0.1) is 25.9 Å². The number of aliphatic hydroxyl groups excluding tert-OH is 2. The van der Waals surface area contributed by atoms with Crippen molar-refractivity contribution in [2.75, 3.05) is 13.7 Å². The largest absolute Gasteiger partial charge is 0.497 e. The molecule has 1 amide bonds. The molecule has 0 spiro atoms. The van der Waals surface area contributed by atoms with E-state index in [9.17, 15) is 15.0 Å². The summed E-state index contributed by atoms with van der Waals surface area (Å²) in [6.45, 7) is 5.07. The van der Waals surface area contributed by atoms with Crippen molar-refractivity contribution in [1.82, 2.24) is 4.90 Å². The average molecular weight is 351 g/mol. The molecule has 2 N–H and O–H groups in total. The predicted octanol–water partition coefficient (Wildman–Crippen LogP) is 2.36. The molecule has 0 radical (unpaired) electrons. The maximum atomic E-state index is 12.7. The molecule has 1 fully saturated rings. The van der Waals surface area contributed by atoms with E-state index in [2.05, 4.69) is 0 Å². The van der Waals surface area contributed by atoms with Crippen molar-refractivity contribution >= 4 is 6.09 Å². The minimum Gasteiger partial charge on any atom is -0.497 e. The molecule has 0 aromatic heterocycles. The van der Waals surface area contributed by atoms with Gasteiger partial charge in [0, 0.05) is 6.04 Å². The van der Waals surface area contributed by atoms with Crippen molar-refractivity contribution in [2.24, 2.45) is 0 Å². The standard InChI is InChI=1S/C19H29NO5/c1-19(2,3)25-18(23)20-14(8-9-16(20)17(22)12-21)10-13-6-5-7-15(11-13)24-4/h5-7,11,14,16-17,21-22H,8-10,12H2,1-4H3. The normalized spacial score (nSPS) is 21.9. The summed E-state index contributed by atoms with van der Waals surface area (Å²) in [5, 5.41) is 19.4. The molecule has 2 rings (SSSR count). The highest BCUT2D eigenvalue weighted by Gasteiger charge is 2.42. The zero-order valence-corrected chi connectivity index (χ0v) is 15.4. The van der Waals surface area contributed by atoms with Gasteiger partial charge in [-0.05, 0) is 57.7 Å². The summed E-state index contributed by atoms with van der Waals surface area (Å²) in [5.74, 6) is 0.770. The predicted molar refractivity (Wildman–Crippen MR) is 94.7 cm³/mol. The molecule has 140 valence electrons. The highest BCUT2D eigenvalue weighted by Crippen LogP contribution is 2.31. The maximum absolute atomic E-state index is 12.7. The van der Waals surface area contributed by atoms with Crippen molar-refractivity contribution in [3.8, 4) is 5.75 Å². The fraction of sp³-hybridized carbons (Fsp3) is 0.632. The smallest absolute Gasteiger partial charge is 0.410 e. The molecule has 25 heavy (non-hydrogen) atoms. The number of methoxy groups -OCH3 is 1. The van der Waals surface area contributed by atoms with Crippen molar-refractivity contribution in [3.05, 3.63) is 29.8 Å². The van der Waals surface area contributed by atoms with Crippen LogP contribution in [0.2, 0.25) is 0 Å². The highest BCUT2D eigenvalue weighted by atomic mass is 16.6. The van der Waals surface area contributed by atoms with Crippen LogP contribution in [0.25, 0.3) is 0 Å². The third-order valence-corrected chi connectivity index (χ3v) is 4.39. The van der Waals surface area contributed by atoms with E-state index in [1.807, 2.05) is 45.0 Å². The van der Waals surface area contributed by atoms with E-state index in [0.29, 0.717) is 12.8 Å². The Kier molecular flexibility index (Phi) is 6.30. The molecule has 0 saturated carbocycles. The fourth-order valence-corrected chi connectivity index (χ4v) is 3.28. The lowest BCUT2D eigenvalue weighted by atomic mass is 10.0. The minimum absolute atomic E-state index is 0.0897. The number of nitrogens with zero attached hydrogens (tertiary/aromatic N) is 1. The molecule has 1 saturated heterocycles. The van der Waals surface area contributed by atoms with Gasteiger partial charge < -0.3 is 19.7 Å². The molecule has 1 aliphatic rings. The number of hydrogen-bond acceptors (Lipinski definition) is 5. The van der Waals surface area contributed by atoms with E-state index < -0.39 is 23.8 Å². The number of carbonyl (C=O) groups excluding carboxylic acids is 1. The number of rotatable bonds is 5. The van der Waals surface area contributed by atoms with Gasteiger partial charge in [-0.3, -0.25) is 4.90 Å². The zero-order chi connectivity index (χ0) is 18.6. The Labute approximate surface area is 149 Å². The highest BCUT2D eigenvalue weighted by molar-refractivity contribution is 5.69. The topological polar surface area (TPSA) is 79.2 Å². The fourth-order valence-electron chi connectivity index (χ4n) is 3.28. The summed E-state index contributed by atoms with van der Waals surface area (Å²) in [6.07, 6.45) is 0.608. The second-order valence-corrected chi connectivity index (χ2v) is 7.49. The third-order valence-electron chi connectivity index (χ3n) is 4.39. The van der Waals surface area contributed by atoms with E-state index in [1.54, 1.807) is 12.0 Å². The number of likely N-dealkylation sites (tertiary alicyclic amines) is 1. The van der Waals surface area contributed by atoms with Crippen LogP contribution in [0.3, 0.4) is 0 Å². The lowest BCUT2D eigenvalue weighted by Crippen LogP contribution is -2.50. The number of aliphatic hydroxyl groups is 2. The first-order valence-electron chi connectivity index (χ1n) is 8.68. The van der Waals surface area contributed by atoms with Crippen LogP contribution in [-0.2, 0) is 11.2 Å². The second kappa shape index (κ2) is 8.06. The Morgan fingerprint density at radius 3 is 2.68 bits per heavy atom. The van der Waals surface area contributed by atoms with Crippen LogP contribution >= 0.6 is 0 Å². The number of hydrogen-bond donors (Lipinski definition) is 2.